The number of pyridine rings is 1. The molecule has 5 rings (SSSR count). The molecule has 0 spiro atoms. The normalized spacial score (nSPS) is 11.0. The fraction of sp³-hybridized carbons (Fsp3) is 0. The van der Waals surface area contributed by atoms with Crippen LogP contribution in [0.3, 0.4) is 0 Å². The summed E-state index contributed by atoms with van der Waals surface area (Å²) < 4.78 is 5.73. The van der Waals surface area contributed by atoms with Crippen LogP contribution in [0, 0.1) is 0 Å². The van der Waals surface area contributed by atoms with Crippen molar-refractivity contribution in [1.82, 2.24) is 9.97 Å². The summed E-state index contributed by atoms with van der Waals surface area (Å²) in [6, 6.07) is 24.6. The summed E-state index contributed by atoms with van der Waals surface area (Å²) in [5, 5.41) is 4.92. The number of hydrogen-bond donors (Lipinski definition) is 1. The Labute approximate surface area is 160 Å². The fourth-order valence-electron chi connectivity index (χ4n) is 3.21. The molecule has 0 saturated heterocycles. The summed E-state index contributed by atoms with van der Waals surface area (Å²) in [6.45, 7) is 0. The lowest BCUT2D eigenvalue weighted by Crippen LogP contribution is -2.12. The van der Waals surface area contributed by atoms with Gasteiger partial charge in [-0.25, -0.2) is 4.98 Å². The summed E-state index contributed by atoms with van der Waals surface area (Å²) in [4.78, 5) is 21.3. The van der Waals surface area contributed by atoms with Gasteiger partial charge in [0.15, 0.2) is 11.2 Å². The topological polar surface area (TPSA) is 68.0 Å². The van der Waals surface area contributed by atoms with Crippen LogP contribution >= 0.6 is 0 Å². The van der Waals surface area contributed by atoms with E-state index in [4.69, 9.17) is 4.42 Å². The highest BCUT2D eigenvalue weighted by molar-refractivity contribution is 6.12. The van der Waals surface area contributed by atoms with Crippen molar-refractivity contribution in [1.29, 1.82) is 0 Å². The Morgan fingerprint density at radius 1 is 0.857 bits per heavy atom. The molecule has 1 N–H and O–H groups in total. The minimum atomic E-state index is -0.143. The van der Waals surface area contributed by atoms with Gasteiger partial charge in [0.2, 0.25) is 5.89 Å². The van der Waals surface area contributed by atoms with Crippen LogP contribution < -0.4 is 5.32 Å². The second-order valence-corrected chi connectivity index (χ2v) is 6.40. The third kappa shape index (κ3) is 2.89. The van der Waals surface area contributed by atoms with Crippen LogP contribution in [0.2, 0.25) is 0 Å². The van der Waals surface area contributed by atoms with Crippen molar-refractivity contribution >= 4 is 33.6 Å². The molecule has 0 aliphatic rings. The first-order chi connectivity index (χ1) is 13.8. The van der Waals surface area contributed by atoms with E-state index in [1.807, 2.05) is 78.9 Å². The summed E-state index contributed by atoms with van der Waals surface area (Å²) >= 11 is 0. The molecule has 5 aromatic rings. The zero-order valence-corrected chi connectivity index (χ0v) is 14.8. The number of carbonyl (C=O) groups excluding carboxylic acids is 1. The second kappa shape index (κ2) is 6.63. The predicted octanol–water partition coefficient (Wildman–Crippen LogP) is 5.30. The molecule has 1 amide bonds. The van der Waals surface area contributed by atoms with Crippen molar-refractivity contribution in [2.45, 2.75) is 0 Å². The highest BCUT2D eigenvalue weighted by Gasteiger charge is 2.11. The maximum absolute atomic E-state index is 12.8. The van der Waals surface area contributed by atoms with Crippen LogP contribution in [0.4, 0.5) is 5.69 Å². The maximum atomic E-state index is 12.8. The third-order valence-corrected chi connectivity index (χ3v) is 4.59. The van der Waals surface area contributed by atoms with Crippen molar-refractivity contribution in [2.75, 3.05) is 5.32 Å². The molecule has 5 heteroatoms. The van der Waals surface area contributed by atoms with Gasteiger partial charge in [-0.3, -0.25) is 4.79 Å². The molecule has 0 atom stereocenters. The first-order valence-electron chi connectivity index (χ1n) is 8.89. The van der Waals surface area contributed by atoms with Crippen molar-refractivity contribution in [3.8, 4) is 11.5 Å². The molecule has 5 nitrogen and oxygen atoms in total. The molecule has 0 radical (unpaired) electrons. The number of oxazole rings is 1. The van der Waals surface area contributed by atoms with Gasteiger partial charge in [0.25, 0.3) is 5.91 Å². The number of nitrogens with zero attached hydrogens (tertiary/aromatic N) is 2. The molecule has 2 heterocycles. The second-order valence-electron chi connectivity index (χ2n) is 6.40. The van der Waals surface area contributed by atoms with Crippen LogP contribution in [-0.2, 0) is 0 Å². The first kappa shape index (κ1) is 16.2. The molecule has 0 saturated carbocycles. The minimum Gasteiger partial charge on any atom is -0.434 e. The number of benzene rings is 3. The molecule has 3 aromatic carbocycles. The van der Waals surface area contributed by atoms with Gasteiger partial charge in [-0.05, 0) is 53.2 Å². The van der Waals surface area contributed by atoms with Crippen LogP contribution in [0.1, 0.15) is 10.4 Å². The number of nitrogens with one attached hydrogen (secondary N) is 1. The van der Waals surface area contributed by atoms with E-state index < -0.39 is 0 Å². The molecule has 2 aromatic heterocycles. The van der Waals surface area contributed by atoms with Crippen molar-refractivity contribution in [2.24, 2.45) is 0 Å². The summed E-state index contributed by atoms with van der Waals surface area (Å²) in [7, 11) is 0. The lowest BCUT2D eigenvalue weighted by molar-refractivity contribution is 0.102. The standard InChI is InChI=1S/C23H15N3O2/c27-22(19-8-3-6-15-5-1-2-7-18(15)19)25-17-12-10-16(11-13-17)23-26-21-20(28-23)9-4-14-24-21/h1-14H,(H,25,27). The lowest BCUT2D eigenvalue weighted by atomic mass is 10.0. The Kier molecular flexibility index (Phi) is 3.84. The lowest BCUT2D eigenvalue weighted by Gasteiger charge is -2.08. The Morgan fingerprint density at radius 2 is 1.68 bits per heavy atom. The Balaban J connectivity index is 1.40. The Hall–Kier alpha value is -3.99. The fourth-order valence-corrected chi connectivity index (χ4v) is 3.21. The summed E-state index contributed by atoms with van der Waals surface area (Å²) in [6.07, 6.45) is 1.68. The van der Waals surface area contributed by atoms with Gasteiger partial charge in [0.05, 0.1) is 0 Å². The van der Waals surface area contributed by atoms with Gasteiger partial charge in [0.1, 0.15) is 0 Å². The summed E-state index contributed by atoms with van der Waals surface area (Å²) in [5.41, 5.74) is 3.39. The Bertz CT molecular complexity index is 1270. The molecule has 0 bridgehead atoms. The molecule has 0 unspecified atom stereocenters. The highest BCUT2D eigenvalue weighted by Crippen LogP contribution is 2.25. The first-order valence-corrected chi connectivity index (χ1v) is 8.89. The number of fused-ring (bicyclic) bond motifs is 2. The van der Waals surface area contributed by atoms with Crippen molar-refractivity contribution in [3.05, 3.63) is 90.6 Å². The highest BCUT2D eigenvalue weighted by atomic mass is 16.3. The van der Waals surface area contributed by atoms with E-state index in [1.54, 1.807) is 6.20 Å². The van der Waals surface area contributed by atoms with Gasteiger partial charge < -0.3 is 9.73 Å². The predicted molar refractivity (Wildman–Crippen MR) is 109 cm³/mol. The Morgan fingerprint density at radius 3 is 2.54 bits per heavy atom. The molecular weight excluding hydrogens is 350 g/mol. The minimum absolute atomic E-state index is 0.143. The SMILES string of the molecule is O=C(Nc1ccc(-c2nc3ncccc3o2)cc1)c1cccc2ccccc12. The van der Waals surface area contributed by atoms with Crippen molar-refractivity contribution in [3.63, 3.8) is 0 Å². The molecule has 134 valence electrons. The molecule has 28 heavy (non-hydrogen) atoms. The van der Waals surface area contributed by atoms with E-state index in [0.29, 0.717) is 28.4 Å². The quantitative estimate of drug-likeness (QED) is 0.471. The number of rotatable bonds is 3. The van der Waals surface area contributed by atoms with E-state index >= 15 is 0 Å². The van der Waals surface area contributed by atoms with E-state index in [0.717, 1.165) is 16.3 Å². The van der Waals surface area contributed by atoms with E-state index in [9.17, 15) is 4.79 Å². The number of amides is 1. The number of anilines is 1. The number of hydrogen-bond acceptors (Lipinski definition) is 4. The average Bonchev–Trinajstić information content (AvgIpc) is 3.18. The monoisotopic (exact) mass is 365 g/mol. The van der Waals surface area contributed by atoms with Crippen LogP contribution in [0.5, 0.6) is 0 Å². The zero-order valence-electron chi connectivity index (χ0n) is 14.8. The van der Waals surface area contributed by atoms with Crippen LogP contribution in [-0.4, -0.2) is 15.9 Å². The van der Waals surface area contributed by atoms with Gasteiger partial charge in [-0.15, -0.1) is 0 Å². The largest absolute Gasteiger partial charge is 0.434 e. The smallest absolute Gasteiger partial charge is 0.256 e. The van der Waals surface area contributed by atoms with Gasteiger partial charge in [-0.1, -0.05) is 36.4 Å². The average molecular weight is 365 g/mol. The molecule has 0 aliphatic heterocycles. The van der Waals surface area contributed by atoms with Gasteiger partial charge >= 0.3 is 0 Å². The van der Waals surface area contributed by atoms with Crippen LogP contribution in [0.15, 0.2) is 89.5 Å². The number of aromatic nitrogens is 2. The van der Waals surface area contributed by atoms with E-state index in [2.05, 4.69) is 15.3 Å². The number of carbonyl (C=O) groups is 1. The van der Waals surface area contributed by atoms with Gasteiger partial charge in [0, 0.05) is 23.0 Å². The van der Waals surface area contributed by atoms with E-state index in [1.165, 1.54) is 0 Å². The van der Waals surface area contributed by atoms with E-state index in [-0.39, 0.29) is 5.91 Å². The zero-order chi connectivity index (χ0) is 18.9. The van der Waals surface area contributed by atoms with Crippen LogP contribution in [0.25, 0.3) is 33.5 Å². The molecule has 0 aliphatic carbocycles. The third-order valence-electron chi connectivity index (χ3n) is 4.59. The van der Waals surface area contributed by atoms with Crippen molar-refractivity contribution < 1.29 is 9.21 Å². The molecule has 0 fully saturated rings. The molecular formula is C23H15N3O2. The maximum Gasteiger partial charge on any atom is 0.256 e. The summed E-state index contributed by atoms with van der Waals surface area (Å²) in [5.74, 6) is 0.358. The van der Waals surface area contributed by atoms with Gasteiger partial charge in [-0.2, -0.15) is 4.98 Å².